The van der Waals surface area contributed by atoms with Crippen LogP contribution in [-0.4, -0.2) is 37.0 Å². The molecular formula is C29H18Cl5N10O3P. The number of hydrogen-bond donors (Lipinski definition) is 3. The summed E-state index contributed by atoms with van der Waals surface area (Å²) in [5, 5.41) is 21.9. The Bertz CT molecular complexity index is 2260. The average Bonchev–Trinajstić information content (AvgIpc) is 3.05. The molecule has 4 aromatic heterocycles. The molecule has 0 fully saturated rings. The van der Waals surface area contributed by atoms with Gasteiger partial charge < -0.3 is 15.4 Å². The highest BCUT2D eigenvalue weighted by Crippen LogP contribution is 2.61. The van der Waals surface area contributed by atoms with Crippen LogP contribution in [-0.2, 0) is 4.57 Å². The SMILES string of the molecule is COc1nccc2c(=O)[nH]c(Nc3ccc(C#N)cc3)nc12.N#Cc1ccc(Nc2nc(Cl)c3ccnc(Cl)c3n2)cc1.O=P(Cl)(Cl)Cl. The van der Waals surface area contributed by atoms with Crippen molar-refractivity contribution in [2.24, 2.45) is 0 Å². The fraction of sp³-hybridized carbons (Fsp3) is 0.0345. The molecule has 0 spiro atoms. The average molecular weight is 763 g/mol. The van der Waals surface area contributed by atoms with E-state index in [9.17, 15) is 9.36 Å². The van der Waals surface area contributed by atoms with Gasteiger partial charge >= 0.3 is 5.20 Å². The summed E-state index contributed by atoms with van der Waals surface area (Å²) in [7, 11) is 1.47. The number of fused-ring (bicyclic) bond motifs is 2. The number of hydrogen-bond acceptors (Lipinski definition) is 12. The summed E-state index contributed by atoms with van der Waals surface area (Å²) < 4.78 is 14.6. The number of methoxy groups -OCH3 is 1. The Morgan fingerprint density at radius 1 is 0.750 bits per heavy atom. The van der Waals surface area contributed by atoms with Crippen molar-refractivity contribution in [2.45, 2.75) is 0 Å². The normalized spacial score (nSPS) is 10.4. The highest BCUT2D eigenvalue weighted by Gasteiger charge is 2.11. The zero-order chi connectivity index (χ0) is 34.8. The van der Waals surface area contributed by atoms with Gasteiger partial charge in [0.05, 0.1) is 35.8 Å². The van der Waals surface area contributed by atoms with Crippen molar-refractivity contribution in [3.63, 3.8) is 0 Å². The molecule has 13 nitrogen and oxygen atoms in total. The Balaban J connectivity index is 0.000000191. The summed E-state index contributed by atoms with van der Waals surface area (Å²) in [5.74, 6) is 0.868. The molecule has 6 rings (SSSR count). The number of pyridine rings is 2. The van der Waals surface area contributed by atoms with Crippen molar-refractivity contribution in [1.29, 1.82) is 10.5 Å². The molecule has 0 aliphatic heterocycles. The molecule has 0 unspecified atom stereocenters. The second-order valence-corrected chi connectivity index (χ2v) is 16.3. The van der Waals surface area contributed by atoms with Crippen LogP contribution in [0.25, 0.3) is 21.8 Å². The molecular weight excluding hydrogens is 745 g/mol. The third kappa shape index (κ3) is 10.1. The van der Waals surface area contributed by atoms with Crippen LogP contribution in [0.4, 0.5) is 23.3 Å². The zero-order valence-corrected chi connectivity index (χ0v) is 28.8. The maximum atomic E-state index is 12.1. The molecule has 0 aliphatic rings. The van der Waals surface area contributed by atoms with Gasteiger partial charge in [0, 0.05) is 29.2 Å². The number of nitriles is 2. The van der Waals surface area contributed by atoms with E-state index in [0.29, 0.717) is 49.7 Å². The second kappa shape index (κ2) is 16.4. The van der Waals surface area contributed by atoms with Crippen molar-refractivity contribution in [3.05, 3.63) is 105 Å². The lowest BCUT2D eigenvalue weighted by Gasteiger charge is -2.08. The van der Waals surface area contributed by atoms with Gasteiger partial charge in [0.1, 0.15) is 16.2 Å². The number of nitrogens with zero attached hydrogens (tertiary/aromatic N) is 7. The number of nitrogens with one attached hydrogen (secondary N) is 3. The Kier molecular flexibility index (Phi) is 12.3. The van der Waals surface area contributed by atoms with Crippen LogP contribution in [0.3, 0.4) is 0 Å². The number of anilines is 4. The van der Waals surface area contributed by atoms with E-state index in [1.165, 1.54) is 13.3 Å². The first-order chi connectivity index (χ1) is 22.9. The molecule has 48 heavy (non-hydrogen) atoms. The van der Waals surface area contributed by atoms with Crippen LogP contribution in [0.2, 0.25) is 10.3 Å². The van der Waals surface area contributed by atoms with Crippen molar-refractivity contribution in [1.82, 2.24) is 29.9 Å². The fourth-order valence-electron chi connectivity index (χ4n) is 3.81. The number of aromatic nitrogens is 6. The smallest absolute Gasteiger partial charge is 0.339 e. The molecule has 0 saturated carbocycles. The molecule has 0 amide bonds. The minimum atomic E-state index is -3.22. The van der Waals surface area contributed by atoms with Gasteiger partial charge in [-0.05, 0) is 94.4 Å². The van der Waals surface area contributed by atoms with E-state index in [0.717, 1.165) is 5.69 Å². The van der Waals surface area contributed by atoms with Crippen LogP contribution in [0.15, 0.2) is 77.9 Å². The highest BCUT2D eigenvalue weighted by atomic mass is 36.0. The molecule has 242 valence electrons. The monoisotopic (exact) mass is 760 g/mol. The number of H-pyrrole nitrogens is 1. The van der Waals surface area contributed by atoms with Gasteiger partial charge in [-0.25, -0.2) is 24.9 Å². The van der Waals surface area contributed by atoms with E-state index < -0.39 is 5.20 Å². The first-order valence-electron chi connectivity index (χ1n) is 13.0. The molecule has 4 heterocycles. The first-order valence-corrected chi connectivity index (χ1v) is 18.2. The number of rotatable bonds is 5. The number of halogens is 5. The van der Waals surface area contributed by atoms with Crippen molar-refractivity contribution in [2.75, 3.05) is 17.7 Å². The van der Waals surface area contributed by atoms with Crippen LogP contribution in [0.1, 0.15) is 11.1 Å². The molecule has 0 radical (unpaired) electrons. The second-order valence-electron chi connectivity index (χ2n) is 8.99. The van der Waals surface area contributed by atoms with Gasteiger partial charge in [0.15, 0.2) is 5.15 Å². The Hall–Kier alpha value is -4.72. The van der Waals surface area contributed by atoms with Gasteiger partial charge in [0.2, 0.25) is 17.8 Å². The Morgan fingerprint density at radius 3 is 1.85 bits per heavy atom. The van der Waals surface area contributed by atoms with Crippen LogP contribution in [0.5, 0.6) is 5.88 Å². The lowest BCUT2D eigenvalue weighted by molar-refractivity contribution is 0.402. The number of aromatic amines is 1. The van der Waals surface area contributed by atoms with Gasteiger partial charge in [-0.15, -0.1) is 0 Å². The van der Waals surface area contributed by atoms with Gasteiger partial charge in [-0.1, -0.05) is 23.2 Å². The number of benzene rings is 2. The summed E-state index contributed by atoms with van der Waals surface area (Å²) >= 11 is 26.0. The van der Waals surface area contributed by atoms with E-state index in [-0.39, 0.29) is 22.5 Å². The van der Waals surface area contributed by atoms with E-state index in [2.05, 4.69) is 80.3 Å². The van der Waals surface area contributed by atoms with Crippen LogP contribution in [0, 0.1) is 22.7 Å². The lowest BCUT2D eigenvalue weighted by atomic mass is 10.2. The van der Waals surface area contributed by atoms with Crippen LogP contribution < -0.4 is 20.9 Å². The van der Waals surface area contributed by atoms with Crippen molar-refractivity contribution < 1.29 is 9.30 Å². The fourth-order valence-corrected chi connectivity index (χ4v) is 4.25. The molecule has 2 aromatic carbocycles. The van der Waals surface area contributed by atoms with Crippen molar-refractivity contribution >= 4 is 107 Å². The van der Waals surface area contributed by atoms with E-state index in [1.54, 1.807) is 66.9 Å². The Labute approximate surface area is 296 Å². The van der Waals surface area contributed by atoms with Crippen LogP contribution >= 0.6 is 62.1 Å². The minimum absolute atomic E-state index is 0.264. The molecule has 0 bridgehead atoms. The predicted molar refractivity (Wildman–Crippen MR) is 188 cm³/mol. The Morgan fingerprint density at radius 2 is 1.29 bits per heavy atom. The summed E-state index contributed by atoms with van der Waals surface area (Å²) in [6.45, 7) is 0. The maximum absolute atomic E-state index is 12.1. The topological polar surface area (TPSA) is 195 Å². The summed E-state index contributed by atoms with van der Waals surface area (Å²) in [5.41, 5.74) is 3.14. The van der Waals surface area contributed by atoms with Crippen molar-refractivity contribution in [3.8, 4) is 18.0 Å². The lowest BCUT2D eigenvalue weighted by Crippen LogP contribution is -2.12. The zero-order valence-electron chi connectivity index (χ0n) is 24.1. The molecule has 6 aromatic rings. The molecule has 0 aliphatic carbocycles. The van der Waals surface area contributed by atoms with Gasteiger partial charge in [-0.3, -0.25) is 14.3 Å². The summed E-state index contributed by atoms with van der Waals surface area (Å²) in [6.07, 6.45) is 3.04. The van der Waals surface area contributed by atoms with Gasteiger partial charge in [-0.2, -0.15) is 10.5 Å². The summed E-state index contributed by atoms with van der Waals surface area (Å²) in [6, 6.07) is 21.1. The third-order valence-corrected chi connectivity index (χ3v) is 6.42. The molecule has 3 N–H and O–H groups in total. The third-order valence-electron chi connectivity index (χ3n) is 5.85. The molecule has 0 atom stereocenters. The van der Waals surface area contributed by atoms with E-state index in [4.69, 9.17) is 38.5 Å². The molecule has 19 heteroatoms. The first kappa shape index (κ1) is 36.1. The maximum Gasteiger partial charge on any atom is 0.339 e. The van der Waals surface area contributed by atoms with E-state index in [1.807, 2.05) is 6.07 Å². The van der Waals surface area contributed by atoms with E-state index >= 15 is 0 Å². The van der Waals surface area contributed by atoms with Gasteiger partial charge in [0.25, 0.3) is 5.56 Å². The molecule has 0 saturated heterocycles. The standard InChI is InChI=1S/C15H11N5O2.C14H7Cl2N5.Cl3OP/c1-22-14-12-11(6-7-17-14)13(21)20-15(19-12)18-10-4-2-9(8-16)3-5-10;15-12-10-5-6-18-13(16)11(10)20-14(21-12)19-9-3-1-8(7-17)2-4-9;1-5(2,3)4/h2-7H,1H3,(H2,18,19,20,21);1-6H,(H,19,20,21);. The predicted octanol–water partition coefficient (Wildman–Crippen LogP) is 8.70. The highest BCUT2D eigenvalue weighted by molar-refractivity contribution is 8.24. The quantitative estimate of drug-likeness (QED) is 0.0860. The largest absolute Gasteiger partial charge is 0.479 e. The summed E-state index contributed by atoms with van der Waals surface area (Å²) in [4.78, 5) is 35.6. The number of ether oxygens (including phenoxy) is 1. The minimum Gasteiger partial charge on any atom is -0.479 e.